The second-order valence-corrected chi connectivity index (χ2v) is 7.30. The van der Waals surface area contributed by atoms with Crippen LogP contribution < -0.4 is 10.9 Å². The molecule has 3 aromatic heterocycles. The van der Waals surface area contributed by atoms with Gasteiger partial charge in [-0.2, -0.15) is 10.1 Å². The summed E-state index contributed by atoms with van der Waals surface area (Å²) in [7, 11) is 0. The number of fused-ring (bicyclic) bond motifs is 3. The third-order valence-corrected chi connectivity index (χ3v) is 5.37. The van der Waals surface area contributed by atoms with Crippen molar-refractivity contribution in [1.29, 1.82) is 0 Å². The van der Waals surface area contributed by atoms with Gasteiger partial charge in [0.1, 0.15) is 0 Å². The van der Waals surface area contributed by atoms with Crippen molar-refractivity contribution in [3.63, 3.8) is 0 Å². The highest BCUT2D eigenvalue weighted by atomic mass is 16.5. The minimum Gasteiger partial charge on any atom is -0.379 e. The molecule has 0 bridgehead atoms. The number of nitrogens with one attached hydrogen (secondary N) is 2. The Balaban J connectivity index is 1.45. The fourth-order valence-corrected chi connectivity index (χ4v) is 3.82. The standard InChI is InChI=1S/C21H23N7O2/c29-20-17-14-24-26-18(17)16-13-23-21(22-7-4-8-27-9-11-30-12-10-27)25-19(16)28(20)15-5-2-1-3-6-15/h1-3,5-6,13-14H,4,7-12H2,(H,24,26)(H,22,23,25). The van der Waals surface area contributed by atoms with Gasteiger partial charge < -0.3 is 10.1 Å². The number of hydrogen-bond donors (Lipinski definition) is 2. The first-order valence-electron chi connectivity index (χ1n) is 10.2. The Kier molecular flexibility index (Phi) is 5.12. The van der Waals surface area contributed by atoms with Crippen molar-refractivity contribution in [3.8, 4) is 5.69 Å². The molecule has 30 heavy (non-hydrogen) atoms. The van der Waals surface area contributed by atoms with Crippen LogP contribution in [0.2, 0.25) is 0 Å². The van der Waals surface area contributed by atoms with E-state index in [0.717, 1.165) is 56.9 Å². The SMILES string of the molecule is O=c1c2cn[nH]c2c2cnc(NCCCN3CCOCC3)nc2n1-c1ccccc1. The van der Waals surface area contributed by atoms with Gasteiger partial charge in [0.25, 0.3) is 5.56 Å². The number of para-hydroxylation sites is 1. The van der Waals surface area contributed by atoms with E-state index in [1.807, 2.05) is 30.3 Å². The molecule has 4 aromatic rings. The van der Waals surface area contributed by atoms with E-state index in [4.69, 9.17) is 4.74 Å². The number of anilines is 1. The minimum absolute atomic E-state index is 0.158. The zero-order valence-corrected chi connectivity index (χ0v) is 16.5. The number of morpholine rings is 1. The summed E-state index contributed by atoms with van der Waals surface area (Å²) in [5, 5.41) is 11.5. The Hall–Kier alpha value is -3.30. The quantitative estimate of drug-likeness (QED) is 0.472. The molecule has 1 fully saturated rings. The molecule has 154 valence electrons. The monoisotopic (exact) mass is 405 g/mol. The van der Waals surface area contributed by atoms with E-state index in [1.165, 1.54) is 0 Å². The molecule has 2 N–H and O–H groups in total. The lowest BCUT2D eigenvalue weighted by Crippen LogP contribution is -2.37. The summed E-state index contributed by atoms with van der Waals surface area (Å²) in [5.41, 5.74) is 1.80. The Morgan fingerprint density at radius 3 is 2.77 bits per heavy atom. The number of rotatable bonds is 6. The van der Waals surface area contributed by atoms with Crippen LogP contribution >= 0.6 is 0 Å². The van der Waals surface area contributed by atoms with E-state index < -0.39 is 0 Å². The lowest BCUT2D eigenvalue weighted by Gasteiger charge is -2.26. The first-order chi connectivity index (χ1) is 14.8. The van der Waals surface area contributed by atoms with Crippen LogP contribution in [0.3, 0.4) is 0 Å². The highest BCUT2D eigenvalue weighted by Gasteiger charge is 2.16. The normalized spacial score (nSPS) is 15.1. The average Bonchev–Trinajstić information content (AvgIpc) is 3.29. The van der Waals surface area contributed by atoms with Gasteiger partial charge in [0.2, 0.25) is 5.95 Å². The average molecular weight is 405 g/mol. The molecule has 1 aliphatic heterocycles. The van der Waals surface area contributed by atoms with Crippen LogP contribution in [0.4, 0.5) is 5.95 Å². The Morgan fingerprint density at radius 1 is 1.10 bits per heavy atom. The second-order valence-electron chi connectivity index (χ2n) is 7.30. The van der Waals surface area contributed by atoms with Gasteiger partial charge in [-0.3, -0.25) is 19.4 Å². The van der Waals surface area contributed by atoms with Gasteiger partial charge in [0, 0.05) is 25.8 Å². The topological polar surface area (TPSA) is 101 Å². The molecule has 1 aliphatic rings. The number of nitrogens with zero attached hydrogens (tertiary/aromatic N) is 5. The van der Waals surface area contributed by atoms with Crippen LogP contribution in [-0.4, -0.2) is 69.0 Å². The molecule has 1 aromatic carbocycles. The minimum atomic E-state index is -0.158. The molecule has 0 saturated carbocycles. The Bertz CT molecular complexity index is 1210. The van der Waals surface area contributed by atoms with Crippen molar-refractivity contribution in [1.82, 2.24) is 29.6 Å². The lowest BCUT2D eigenvalue weighted by atomic mass is 10.2. The van der Waals surface area contributed by atoms with Crippen LogP contribution in [-0.2, 0) is 4.74 Å². The summed E-state index contributed by atoms with van der Waals surface area (Å²) in [4.78, 5) is 24.7. The van der Waals surface area contributed by atoms with E-state index >= 15 is 0 Å². The maximum absolute atomic E-state index is 13.2. The van der Waals surface area contributed by atoms with Gasteiger partial charge in [-0.25, -0.2) is 4.98 Å². The molecule has 9 nitrogen and oxygen atoms in total. The Morgan fingerprint density at radius 2 is 1.93 bits per heavy atom. The molecule has 9 heteroatoms. The highest BCUT2D eigenvalue weighted by molar-refractivity contribution is 6.02. The summed E-state index contributed by atoms with van der Waals surface area (Å²) in [5.74, 6) is 0.507. The number of H-pyrrole nitrogens is 1. The third kappa shape index (κ3) is 3.53. The zero-order chi connectivity index (χ0) is 20.3. The van der Waals surface area contributed by atoms with Crippen molar-refractivity contribution < 1.29 is 4.74 Å². The molecule has 0 spiro atoms. The zero-order valence-electron chi connectivity index (χ0n) is 16.5. The maximum Gasteiger partial charge on any atom is 0.267 e. The number of aromatic nitrogens is 5. The number of hydrogen-bond acceptors (Lipinski definition) is 7. The van der Waals surface area contributed by atoms with Crippen molar-refractivity contribution in [3.05, 3.63) is 53.1 Å². The van der Waals surface area contributed by atoms with Gasteiger partial charge in [-0.1, -0.05) is 18.2 Å². The molecule has 1 saturated heterocycles. The van der Waals surface area contributed by atoms with E-state index in [0.29, 0.717) is 22.5 Å². The molecule has 0 radical (unpaired) electrons. The fraction of sp³-hybridized carbons (Fsp3) is 0.333. The van der Waals surface area contributed by atoms with Crippen molar-refractivity contribution >= 4 is 27.9 Å². The molecule has 0 amide bonds. The van der Waals surface area contributed by atoms with E-state index in [1.54, 1.807) is 17.0 Å². The van der Waals surface area contributed by atoms with Gasteiger partial charge >= 0.3 is 0 Å². The lowest BCUT2D eigenvalue weighted by molar-refractivity contribution is 0.0378. The van der Waals surface area contributed by atoms with Gasteiger partial charge in [-0.15, -0.1) is 0 Å². The van der Waals surface area contributed by atoms with Crippen LogP contribution in [0, 0.1) is 0 Å². The number of benzene rings is 1. The number of pyridine rings is 1. The van der Waals surface area contributed by atoms with E-state index in [-0.39, 0.29) is 5.56 Å². The predicted molar refractivity (Wildman–Crippen MR) is 115 cm³/mol. The van der Waals surface area contributed by atoms with Crippen molar-refractivity contribution in [2.24, 2.45) is 0 Å². The van der Waals surface area contributed by atoms with Gasteiger partial charge in [-0.05, 0) is 25.1 Å². The van der Waals surface area contributed by atoms with E-state index in [9.17, 15) is 4.79 Å². The van der Waals surface area contributed by atoms with E-state index in [2.05, 4.69) is 30.4 Å². The van der Waals surface area contributed by atoms with Crippen LogP contribution in [0.25, 0.3) is 27.6 Å². The molecule has 4 heterocycles. The molecular weight excluding hydrogens is 382 g/mol. The largest absolute Gasteiger partial charge is 0.379 e. The Labute approximate surface area is 172 Å². The smallest absolute Gasteiger partial charge is 0.267 e. The fourth-order valence-electron chi connectivity index (χ4n) is 3.82. The van der Waals surface area contributed by atoms with Crippen molar-refractivity contribution in [2.75, 3.05) is 44.7 Å². The maximum atomic E-state index is 13.2. The van der Waals surface area contributed by atoms with Crippen LogP contribution in [0.5, 0.6) is 0 Å². The second kappa shape index (κ2) is 8.21. The summed E-state index contributed by atoms with van der Waals surface area (Å²) >= 11 is 0. The van der Waals surface area contributed by atoms with Gasteiger partial charge in [0.05, 0.1) is 41.4 Å². The molecule has 0 atom stereocenters. The number of aromatic amines is 1. The van der Waals surface area contributed by atoms with Crippen molar-refractivity contribution in [2.45, 2.75) is 6.42 Å². The summed E-state index contributed by atoms with van der Waals surface area (Å²) < 4.78 is 7.00. The molecule has 5 rings (SSSR count). The highest BCUT2D eigenvalue weighted by Crippen LogP contribution is 2.22. The van der Waals surface area contributed by atoms with Crippen LogP contribution in [0.1, 0.15) is 6.42 Å². The first-order valence-corrected chi connectivity index (χ1v) is 10.2. The molecule has 0 unspecified atom stereocenters. The number of ether oxygens (including phenoxy) is 1. The third-order valence-electron chi connectivity index (χ3n) is 5.37. The summed E-state index contributed by atoms with van der Waals surface area (Å²) in [6.45, 7) is 5.34. The summed E-state index contributed by atoms with van der Waals surface area (Å²) in [6.07, 6.45) is 4.27. The summed E-state index contributed by atoms with van der Waals surface area (Å²) in [6, 6.07) is 9.51. The first kappa shape index (κ1) is 18.7. The molecular formula is C21H23N7O2. The van der Waals surface area contributed by atoms with Crippen LogP contribution in [0.15, 0.2) is 47.5 Å². The molecule has 0 aliphatic carbocycles. The predicted octanol–water partition coefficient (Wildman–Crippen LogP) is 1.79. The van der Waals surface area contributed by atoms with Gasteiger partial charge in [0.15, 0.2) is 5.65 Å².